The molecule has 164 valence electrons. The number of rotatable bonds is 6. The predicted molar refractivity (Wildman–Crippen MR) is 125 cm³/mol. The smallest absolute Gasteiger partial charge is 0.254 e. The minimum atomic E-state index is -0.00141. The molecule has 1 fully saturated rings. The second-order valence-corrected chi connectivity index (χ2v) is 7.36. The lowest BCUT2D eigenvalue weighted by atomic mass is 10.0. The van der Waals surface area contributed by atoms with Crippen LogP contribution < -0.4 is 14.4 Å². The number of benzene rings is 2. The number of methoxy groups -OCH3 is 2. The average Bonchev–Trinajstić information content (AvgIpc) is 2.87. The molecule has 0 radical (unpaired) electrons. The Morgan fingerprint density at radius 3 is 2.34 bits per heavy atom. The maximum atomic E-state index is 13.6. The molecule has 3 aromatic rings. The molecule has 4 rings (SSSR count). The van der Waals surface area contributed by atoms with Crippen LogP contribution in [0, 0.1) is 0 Å². The fourth-order valence-corrected chi connectivity index (χ4v) is 3.73. The monoisotopic (exact) mass is 430 g/mol. The maximum absolute atomic E-state index is 13.6. The van der Waals surface area contributed by atoms with Crippen molar-refractivity contribution < 1.29 is 14.3 Å². The Morgan fingerprint density at radius 2 is 1.62 bits per heavy atom. The third-order valence-corrected chi connectivity index (χ3v) is 5.45. The first kappa shape index (κ1) is 21.4. The summed E-state index contributed by atoms with van der Waals surface area (Å²) < 4.78 is 10.7. The highest BCUT2D eigenvalue weighted by atomic mass is 16.5. The molecule has 1 aliphatic heterocycles. The molecule has 0 aliphatic carbocycles. The number of aromatic nitrogens is 2. The van der Waals surface area contributed by atoms with Crippen molar-refractivity contribution in [3.63, 3.8) is 0 Å². The van der Waals surface area contributed by atoms with E-state index < -0.39 is 0 Å². The van der Waals surface area contributed by atoms with Gasteiger partial charge in [0.2, 0.25) is 5.88 Å². The summed E-state index contributed by atoms with van der Waals surface area (Å²) >= 11 is 0. The molecule has 1 amide bonds. The van der Waals surface area contributed by atoms with Gasteiger partial charge in [-0.2, -0.15) is 4.98 Å². The van der Waals surface area contributed by atoms with E-state index >= 15 is 0 Å². The van der Waals surface area contributed by atoms with Crippen LogP contribution in [0.3, 0.4) is 0 Å². The van der Waals surface area contributed by atoms with Crippen LogP contribution in [-0.4, -0.2) is 61.2 Å². The number of piperazine rings is 1. The maximum Gasteiger partial charge on any atom is 0.254 e. The first-order valence-electron chi connectivity index (χ1n) is 10.5. The van der Waals surface area contributed by atoms with Crippen molar-refractivity contribution in [3.05, 3.63) is 78.1 Å². The quantitative estimate of drug-likeness (QED) is 0.441. The third kappa shape index (κ3) is 4.72. The Hall–Kier alpha value is -3.87. The fourth-order valence-electron chi connectivity index (χ4n) is 3.73. The van der Waals surface area contributed by atoms with E-state index in [0.29, 0.717) is 37.6 Å². The van der Waals surface area contributed by atoms with Crippen LogP contribution in [0.1, 0.15) is 11.1 Å². The topological polar surface area (TPSA) is 67.8 Å². The third-order valence-electron chi connectivity index (χ3n) is 5.45. The van der Waals surface area contributed by atoms with Gasteiger partial charge in [-0.25, -0.2) is 0 Å². The van der Waals surface area contributed by atoms with Crippen LogP contribution in [0.2, 0.25) is 0 Å². The molecule has 0 N–H and O–H groups in total. The normalized spacial score (nSPS) is 14.2. The number of carbonyl (C=O) groups is 1. The number of nitrogens with zero attached hydrogens (tertiary/aromatic N) is 4. The molecule has 0 atom stereocenters. The highest BCUT2D eigenvalue weighted by Crippen LogP contribution is 2.27. The summed E-state index contributed by atoms with van der Waals surface area (Å²) in [5.41, 5.74) is 2.39. The van der Waals surface area contributed by atoms with Crippen LogP contribution in [0.4, 0.5) is 5.82 Å². The molecule has 0 spiro atoms. The van der Waals surface area contributed by atoms with Gasteiger partial charge in [-0.15, -0.1) is 0 Å². The summed E-state index contributed by atoms with van der Waals surface area (Å²) in [5.74, 6) is 1.96. The lowest BCUT2D eigenvalue weighted by Gasteiger charge is -2.35. The van der Waals surface area contributed by atoms with Crippen molar-refractivity contribution >= 4 is 23.4 Å². The molecular weight excluding hydrogens is 404 g/mol. The number of para-hydroxylation sites is 1. The summed E-state index contributed by atoms with van der Waals surface area (Å²) in [5, 5.41) is 0. The van der Waals surface area contributed by atoms with E-state index in [1.165, 1.54) is 0 Å². The van der Waals surface area contributed by atoms with E-state index in [2.05, 4.69) is 14.9 Å². The Bertz CT molecular complexity index is 1090. The molecule has 2 heterocycles. The van der Waals surface area contributed by atoms with Crippen molar-refractivity contribution in [3.8, 4) is 11.6 Å². The summed E-state index contributed by atoms with van der Waals surface area (Å²) in [7, 11) is 3.21. The van der Waals surface area contributed by atoms with Gasteiger partial charge in [0, 0.05) is 37.3 Å². The molecular formula is C25H26N4O3. The summed E-state index contributed by atoms with van der Waals surface area (Å²) in [6, 6.07) is 17.5. The van der Waals surface area contributed by atoms with Gasteiger partial charge in [-0.1, -0.05) is 48.5 Å². The number of amides is 1. The van der Waals surface area contributed by atoms with Gasteiger partial charge in [0.1, 0.15) is 5.75 Å². The van der Waals surface area contributed by atoms with Gasteiger partial charge in [0.15, 0.2) is 5.82 Å². The lowest BCUT2D eigenvalue weighted by molar-refractivity contribution is -0.125. The van der Waals surface area contributed by atoms with E-state index in [9.17, 15) is 4.79 Å². The molecule has 7 nitrogen and oxygen atoms in total. The van der Waals surface area contributed by atoms with Gasteiger partial charge < -0.3 is 19.3 Å². The van der Waals surface area contributed by atoms with Gasteiger partial charge in [-0.05, 0) is 17.7 Å². The van der Waals surface area contributed by atoms with Crippen LogP contribution in [0.5, 0.6) is 11.6 Å². The molecule has 2 aromatic carbocycles. The van der Waals surface area contributed by atoms with Crippen LogP contribution in [0.25, 0.3) is 11.6 Å². The minimum absolute atomic E-state index is 0.00141. The second-order valence-electron chi connectivity index (χ2n) is 7.36. The van der Waals surface area contributed by atoms with E-state index in [1.54, 1.807) is 26.6 Å². The number of hydrogen-bond acceptors (Lipinski definition) is 6. The molecule has 1 aromatic heterocycles. The first-order chi connectivity index (χ1) is 15.7. The lowest BCUT2D eigenvalue weighted by Crippen LogP contribution is -2.49. The number of carbonyl (C=O) groups excluding carboxylic acids is 1. The highest BCUT2D eigenvalue weighted by molar-refractivity contribution is 6.24. The first-order valence-corrected chi connectivity index (χ1v) is 10.5. The fraction of sp³-hybridized carbons (Fsp3) is 0.240. The van der Waals surface area contributed by atoms with E-state index in [4.69, 9.17) is 9.47 Å². The SMILES string of the molecule is COc1cncc(N2CCN(C(=O)/C(=C/c3ccccc3OC)c3ccccc3)CC2)n1. The molecule has 0 bridgehead atoms. The van der Waals surface area contributed by atoms with Crippen molar-refractivity contribution in [2.24, 2.45) is 0 Å². The van der Waals surface area contributed by atoms with Crippen molar-refractivity contribution in [1.29, 1.82) is 0 Å². The van der Waals surface area contributed by atoms with Crippen molar-refractivity contribution in [1.82, 2.24) is 14.9 Å². The Kier molecular flexibility index (Phi) is 6.65. The minimum Gasteiger partial charge on any atom is -0.496 e. The van der Waals surface area contributed by atoms with Crippen LogP contribution in [-0.2, 0) is 4.79 Å². The highest BCUT2D eigenvalue weighted by Gasteiger charge is 2.25. The Morgan fingerprint density at radius 1 is 0.906 bits per heavy atom. The van der Waals surface area contributed by atoms with Crippen molar-refractivity contribution in [2.45, 2.75) is 0 Å². The van der Waals surface area contributed by atoms with E-state index in [1.807, 2.05) is 65.6 Å². The van der Waals surface area contributed by atoms with Gasteiger partial charge in [-0.3, -0.25) is 9.78 Å². The van der Waals surface area contributed by atoms with Gasteiger partial charge in [0.05, 0.1) is 26.6 Å². The Balaban J connectivity index is 1.56. The standard InChI is InChI=1S/C25H26N4O3/c1-31-22-11-7-6-10-20(22)16-21(19-8-4-3-5-9-19)25(30)29-14-12-28(13-15-29)23-17-26-18-24(27-23)32-2/h3-11,16-18H,12-15H2,1-2H3/b21-16+. The molecule has 0 saturated carbocycles. The molecule has 32 heavy (non-hydrogen) atoms. The van der Waals surface area contributed by atoms with E-state index in [0.717, 1.165) is 22.7 Å². The summed E-state index contributed by atoms with van der Waals surface area (Å²) in [6.45, 7) is 2.52. The largest absolute Gasteiger partial charge is 0.496 e. The zero-order valence-electron chi connectivity index (χ0n) is 18.3. The summed E-state index contributed by atoms with van der Waals surface area (Å²) in [6.07, 6.45) is 5.21. The molecule has 0 unspecified atom stereocenters. The molecule has 7 heteroatoms. The van der Waals surface area contributed by atoms with Gasteiger partial charge in [0.25, 0.3) is 5.91 Å². The Labute approximate surface area is 187 Å². The molecule has 1 aliphatic rings. The number of anilines is 1. The second kappa shape index (κ2) is 9.96. The van der Waals surface area contributed by atoms with Crippen molar-refractivity contribution in [2.75, 3.05) is 45.3 Å². The predicted octanol–water partition coefficient (Wildman–Crippen LogP) is 3.38. The number of ether oxygens (including phenoxy) is 2. The van der Waals surface area contributed by atoms with E-state index in [-0.39, 0.29) is 5.91 Å². The number of hydrogen-bond donors (Lipinski definition) is 0. The van der Waals surface area contributed by atoms with Gasteiger partial charge >= 0.3 is 0 Å². The zero-order chi connectivity index (χ0) is 22.3. The van der Waals surface area contributed by atoms with Crippen LogP contribution >= 0.6 is 0 Å². The van der Waals surface area contributed by atoms with Crippen LogP contribution in [0.15, 0.2) is 67.0 Å². The molecule has 1 saturated heterocycles. The zero-order valence-corrected chi connectivity index (χ0v) is 18.3. The summed E-state index contributed by atoms with van der Waals surface area (Å²) in [4.78, 5) is 26.2. The average molecular weight is 431 g/mol.